The van der Waals surface area contributed by atoms with Gasteiger partial charge in [0.1, 0.15) is 12.2 Å². The molecule has 0 bridgehead atoms. The van der Waals surface area contributed by atoms with E-state index in [2.05, 4.69) is 40.8 Å². The quantitative estimate of drug-likeness (QED) is 0.379. The molecule has 5 rings (SSSR count). The first-order chi connectivity index (χ1) is 19.0. The summed E-state index contributed by atoms with van der Waals surface area (Å²) in [7, 11) is -2.11. The van der Waals surface area contributed by atoms with E-state index in [0.717, 1.165) is 44.3 Å². The number of hydrogen-bond donors (Lipinski definition) is 0. The fraction of sp³-hybridized carbons (Fsp3) is 0.781. The summed E-state index contributed by atoms with van der Waals surface area (Å²) in [5.74, 6) is 0.450. The van der Waals surface area contributed by atoms with E-state index in [-0.39, 0.29) is 53.4 Å². The molecule has 9 atom stereocenters. The minimum Gasteiger partial charge on any atom is -0.411 e. The van der Waals surface area contributed by atoms with Crippen LogP contribution in [-0.4, -0.2) is 70.0 Å². The molecule has 4 aliphatic heterocycles. The Balaban J connectivity index is 1.36. The molecule has 1 aromatic carbocycles. The number of benzene rings is 1. The van der Waals surface area contributed by atoms with Gasteiger partial charge in [0.05, 0.1) is 37.1 Å². The molecule has 0 radical (unpaired) electrons. The van der Waals surface area contributed by atoms with Crippen molar-refractivity contribution in [2.45, 2.75) is 140 Å². The van der Waals surface area contributed by atoms with E-state index < -0.39 is 20.7 Å². The first kappa shape index (κ1) is 30.3. The molecule has 0 aromatic heterocycles. The van der Waals surface area contributed by atoms with Crippen LogP contribution < -0.4 is 0 Å². The van der Waals surface area contributed by atoms with E-state index in [9.17, 15) is 4.79 Å². The summed E-state index contributed by atoms with van der Waals surface area (Å²) in [6.07, 6.45) is 3.77. The van der Waals surface area contributed by atoms with Crippen LogP contribution in [0.5, 0.6) is 0 Å². The summed E-state index contributed by atoms with van der Waals surface area (Å²) < 4.78 is 39.2. The summed E-state index contributed by atoms with van der Waals surface area (Å²) in [6, 6.07) is 10.1. The second kappa shape index (κ2) is 12.6. The highest BCUT2D eigenvalue weighted by Gasteiger charge is 2.47. The van der Waals surface area contributed by atoms with E-state index >= 15 is 0 Å². The van der Waals surface area contributed by atoms with Crippen molar-refractivity contribution in [3.8, 4) is 0 Å². The Kier molecular flexibility index (Phi) is 9.57. The van der Waals surface area contributed by atoms with Crippen LogP contribution in [0.15, 0.2) is 30.3 Å². The van der Waals surface area contributed by atoms with E-state index in [4.69, 9.17) is 28.1 Å². The van der Waals surface area contributed by atoms with Crippen LogP contribution in [0, 0.1) is 5.92 Å². The number of Topliss-reactive ketones (excluding diaryl/α,β-unsaturated/α-hetero) is 1. The van der Waals surface area contributed by atoms with Gasteiger partial charge in [-0.25, -0.2) is 0 Å². The third kappa shape index (κ3) is 7.08. The first-order valence-corrected chi connectivity index (χ1v) is 18.4. The Bertz CT molecular complexity index is 979. The van der Waals surface area contributed by atoms with E-state index in [0.29, 0.717) is 19.4 Å². The lowest BCUT2D eigenvalue weighted by Crippen LogP contribution is -2.50. The van der Waals surface area contributed by atoms with Gasteiger partial charge in [-0.2, -0.15) is 0 Å². The summed E-state index contributed by atoms with van der Waals surface area (Å²) >= 11 is 0. The Morgan fingerprint density at radius 3 is 2.42 bits per heavy atom. The van der Waals surface area contributed by atoms with Crippen LogP contribution in [-0.2, 0) is 32.9 Å². The average Bonchev–Trinajstić information content (AvgIpc) is 3.06. The third-order valence-electron chi connectivity index (χ3n) is 9.66. The van der Waals surface area contributed by atoms with Gasteiger partial charge in [-0.3, -0.25) is 4.79 Å². The van der Waals surface area contributed by atoms with Gasteiger partial charge < -0.3 is 28.1 Å². The first-order valence-electron chi connectivity index (χ1n) is 15.5. The largest absolute Gasteiger partial charge is 0.411 e. The van der Waals surface area contributed by atoms with E-state index in [1.54, 1.807) is 0 Å². The molecule has 4 fully saturated rings. The normalized spacial score (nSPS) is 38.0. The van der Waals surface area contributed by atoms with E-state index in [1.165, 1.54) is 0 Å². The Hall–Kier alpha value is -1.13. The average molecular weight is 575 g/mol. The van der Waals surface area contributed by atoms with Gasteiger partial charge in [-0.15, -0.1) is 0 Å². The molecular formula is C32H50O7Si. The Labute approximate surface area is 241 Å². The van der Waals surface area contributed by atoms with E-state index in [1.807, 2.05) is 30.3 Å². The van der Waals surface area contributed by atoms with Gasteiger partial charge in [-0.05, 0) is 56.2 Å². The topological polar surface area (TPSA) is 72.5 Å². The number of fused-ring (bicyclic) bond motifs is 2. The molecular weight excluding hydrogens is 524 g/mol. The maximum Gasteiger partial charge on any atom is 0.192 e. The highest BCUT2D eigenvalue weighted by molar-refractivity contribution is 6.74. The minimum absolute atomic E-state index is 0.0447. The van der Waals surface area contributed by atoms with Gasteiger partial charge in [0, 0.05) is 25.0 Å². The zero-order valence-corrected chi connectivity index (χ0v) is 26.3. The second-order valence-electron chi connectivity index (χ2n) is 13.9. The van der Waals surface area contributed by atoms with Gasteiger partial charge in [0.2, 0.25) is 0 Å². The molecule has 8 heteroatoms. The fourth-order valence-corrected chi connectivity index (χ4v) is 7.67. The second-order valence-corrected chi connectivity index (χ2v) is 18.7. The summed E-state index contributed by atoms with van der Waals surface area (Å²) in [6.45, 7) is 14.7. The molecule has 0 aliphatic carbocycles. The number of ketones is 1. The molecule has 0 spiro atoms. The summed E-state index contributed by atoms with van der Waals surface area (Å²) in [5, 5.41) is 0.0588. The van der Waals surface area contributed by atoms with Crippen molar-refractivity contribution in [2.75, 3.05) is 13.2 Å². The van der Waals surface area contributed by atoms with Crippen molar-refractivity contribution >= 4 is 14.1 Å². The van der Waals surface area contributed by atoms with Gasteiger partial charge in [0.25, 0.3) is 0 Å². The predicted molar refractivity (Wildman–Crippen MR) is 156 cm³/mol. The van der Waals surface area contributed by atoms with Crippen LogP contribution in [0.2, 0.25) is 18.1 Å². The zero-order valence-electron chi connectivity index (χ0n) is 25.3. The van der Waals surface area contributed by atoms with Crippen LogP contribution in [0.4, 0.5) is 0 Å². The zero-order chi connectivity index (χ0) is 28.5. The molecule has 0 N–H and O–H groups in total. The minimum atomic E-state index is -2.11. The molecule has 4 aliphatic rings. The maximum atomic E-state index is 13.5. The predicted octanol–water partition coefficient (Wildman–Crippen LogP) is 6.36. The maximum absolute atomic E-state index is 13.5. The molecule has 7 nitrogen and oxygen atoms in total. The van der Waals surface area contributed by atoms with Crippen molar-refractivity contribution in [3.05, 3.63) is 35.9 Å². The third-order valence-corrected chi connectivity index (χ3v) is 14.2. The Morgan fingerprint density at radius 1 is 0.925 bits per heavy atom. The van der Waals surface area contributed by atoms with Crippen molar-refractivity contribution in [1.82, 2.24) is 0 Å². The molecule has 1 aromatic rings. The van der Waals surface area contributed by atoms with Crippen molar-refractivity contribution < 1.29 is 32.9 Å². The molecule has 0 saturated carbocycles. The van der Waals surface area contributed by atoms with Crippen LogP contribution >= 0.6 is 0 Å². The highest BCUT2D eigenvalue weighted by atomic mass is 28.4. The SMILES string of the molecule is C[C@@H]1CC(=O)[C@@H](C[C@@H]2O[C@@H]3CO[C@@H](c4ccccc4)O[C@H]3CC[C@H]2O[Si](C)(C)C(C)(C)C)O[C@H]2CCCO[C@@H]2C1. The van der Waals surface area contributed by atoms with Crippen LogP contribution in [0.1, 0.15) is 84.5 Å². The molecule has 40 heavy (non-hydrogen) atoms. The molecule has 4 saturated heterocycles. The monoisotopic (exact) mass is 574 g/mol. The lowest BCUT2D eigenvalue weighted by molar-refractivity contribution is -0.271. The standard InChI is InChI=1S/C32H50O7Si/c1-21-17-23(33)27(36-24-13-10-16-34-28(24)18-21)19-29-26(39-40(5,6)32(2,3)4)15-14-25-30(37-29)20-35-31(38-25)22-11-8-7-9-12-22/h7-9,11-12,21,24-31H,10,13-20H2,1-6H3/t21-,24+,25+,26-,27-,28-,29+,30-,31-/m1/s1. The number of ether oxygens (including phenoxy) is 5. The Morgan fingerprint density at radius 2 is 1.68 bits per heavy atom. The van der Waals surface area contributed by atoms with Gasteiger partial charge in [-0.1, -0.05) is 58.0 Å². The number of carbonyl (C=O) groups excluding carboxylic acids is 1. The van der Waals surface area contributed by atoms with Crippen molar-refractivity contribution in [3.63, 3.8) is 0 Å². The highest BCUT2D eigenvalue weighted by Crippen LogP contribution is 2.41. The lowest BCUT2D eigenvalue weighted by atomic mass is 9.87. The fourth-order valence-electron chi connectivity index (χ4n) is 6.29. The molecule has 0 amide bonds. The smallest absolute Gasteiger partial charge is 0.192 e. The van der Waals surface area contributed by atoms with Crippen molar-refractivity contribution in [1.29, 1.82) is 0 Å². The van der Waals surface area contributed by atoms with Crippen LogP contribution in [0.25, 0.3) is 0 Å². The van der Waals surface area contributed by atoms with Crippen molar-refractivity contribution in [2.24, 2.45) is 5.92 Å². The molecule has 224 valence electrons. The number of hydrogen-bond acceptors (Lipinski definition) is 7. The lowest BCUT2D eigenvalue weighted by Gasteiger charge is -2.42. The molecule has 0 unspecified atom stereocenters. The number of carbonyl (C=O) groups is 1. The molecule has 4 heterocycles. The van der Waals surface area contributed by atoms with Gasteiger partial charge in [0.15, 0.2) is 20.4 Å². The van der Waals surface area contributed by atoms with Gasteiger partial charge >= 0.3 is 0 Å². The summed E-state index contributed by atoms with van der Waals surface area (Å²) in [4.78, 5) is 13.5. The van der Waals surface area contributed by atoms with Crippen LogP contribution in [0.3, 0.4) is 0 Å². The summed E-state index contributed by atoms with van der Waals surface area (Å²) in [5.41, 5.74) is 1.02. The number of rotatable bonds is 5.